The number of piperidine rings is 1. The van der Waals surface area contributed by atoms with Crippen LogP contribution < -0.4 is 5.32 Å². The van der Waals surface area contributed by atoms with Crippen LogP contribution in [0, 0.1) is 5.92 Å². The van der Waals surface area contributed by atoms with Crippen molar-refractivity contribution in [2.75, 3.05) is 38.5 Å². The minimum atomic E-state index is -5.61. The number of nitrogens with zero attached hydrogens (tertiary/aromatic N) is 1. The predicted octanol–water partition coefficient (Wildman–Crippen LogP) is 2.45. The zero-order valence-electron chi connectivity index (χ0n) is 16.3. The molecule has 0 radical (unpaired) electrons. The van der Waals surface area contributed by atoms with Crippen LogP contribution in [-0.4, -0.2) is 81.4 Å². The number of alkyl halides is 6. The fourth-order valence-corrected chi connectivity index (χ4v) is 6.16. The average Bonchev–Trinajstić information content (AvgIpc) is 2.60. The molecule has 30 heavy (non-hydrogen) atoms. The van der Waals surface area contributed by atoms with Crippen molar-refractivity contribution in [3.63, 3.8) is 0 Å². The Kier molecular flexibility index (Phi) is 6.98. The zero-order valence-corrected chi connectivity index (χ0v) is 17.1. The van der Waals surface area contributed by atoms with Gasteiger partial charge in [0.25, 0.3) is 0 Å². The number of sulfonamides is 1. The van der Waals surface area contributed by atoms with Crippen molar-refractivity contribution in [3.05, 3.63) is 0 Å². The van der Waals surface area contributed by atoms with Gasteiger partial charge in [0.1, 0.15) is 0 Å². The van der Waals surface area contributed by atoms with E-state index in [2.05, 4.69) is 5.32 Å². The minimum Gasteiger partial charge on any atom is -0.377 e. The van der Waals surface area contributed by atoms with Gasteiger partial charge in [-0.25, -0.2) is 8.42 Å². The smallest absolute Gasteiger partial charge is 0.377 e. The highest BCUT2D eigenvalue weighted by molar-refractivity contribution is 7.89. The lowest BCUT2D eigenvalue weighted by molar-refractivity contribution is -0.327. The predicted molar refractivity (Wildman–Crippen MR) is 94.3 cm³/mol. The summed E-state index contributed by atoms with van der Waals surface area (Å²) in [6.45, 7) is -0.244. The molecular formula is C17H26F6N2O4S. The lowest BCUT2D eigenvalue weighted by atomic mass is 9.88. The summed E-state index contributed by atoms with van der Waals surface area (Å²) < 4.78 is 118. The molecule has 3 aliphatic rings. The first-order valence-electron chi connectivity index (χ1n) is 9.94. The second kappa shape index (κ2) is 8.72. The Bertz CT molecular complexity index is 673. The third-order valence-electron chi connectivity index (χ3n) is 5.91. The molecule has 0 saturated carbocycles. The Labute approximate surface area is 171 Å². The van der Waals surface area contributed by atoms with Crippen molar-refractivity contribution in [3.8, 4) is 0 Å². The Morgan fingerprint density at radius 2 is 1.70 bits per heavy atom. The van der Waals surface area contributed by atoms with Crippen molar-refractivity contribution in [1.82, 2.24) is 9.62 Å². The number of rotatable bonds is 4. The molecule has 176 valence electrons. The highest BCUT2D eigenvalue weighted by atomic mass is 32.2. The first kappa shape index (κ1) is 24.0. The van der Waals surface area contributed by atoms with Gasteiger partial charge in [0.15, 0.2) is 5.92 Å². The van der Waals surface area contributed by atoms with E-state index in [1.807, 2.05) is 0 Å². The van der Waals surface area contributed by atoms with Crippen molar-refractivity contribution in [2.24, 2.45) is 5.92 Å². The van der Waals surface area contributed by atoms with Crippen molar-refractivity contribution in [1.29, 1.82) is 0 Å². The molecule has 1 spiro atoms. The Balaban J connectivity index is 1.89. The number of hydrogen-bond donors (Lipinski definition) is 1. The fraction of sp³-hybridized carbons (Fsp3) is 1.00. The molecule has 2 unspecified atom stereocenters. The summed E-state index contributed by atoms with van der Waals surface area (Å²) in [4.78, 5) is 0. The third-order valence-corrected chi connectivity index (χ3v) is 7.76. The van der Waals surface area contributed by atoms with Gasteiger partial charge in [-0.15, -0.1) is 0 Å². The van der Waals surface area contributed by atoms with Gasteiger partial charge in [0, 0.05) is 19.7 Å². The van der Waals surface area contributed by atoms with Crippen LogP contribution in [0.25, 0.3) is 0 Å². The molecule has 0 bridgehead atoms. The maximum atomic E-state index is 13.4. The molecule has 2 atom stereocenters. The van der Waals surface area contributed by atoms with Gasteiger partial charge >= 0.3 is 12.4 Å². The van der Waals surface area contributed by atoms with E-state index in [4.69, 9.17) is 9.47 Å². The number of nitrogens with one attached hydrogen (secondary N) is 1. The van der Waals surface area contributed by atoms with Gasteiger partial charge in [-0.1, -0.05) is 0 Å². The number of morpholine rings is 1. The molecule has 0 amide bonds. The van der Waals surface area contributed by atoms with Crippen LogP contribution >= 0.6 is 0 Å². The molecule has 0 aromatic carbocycles. The molecule has 0 aliphatic carbocycles. The quantitative estimate of drug-likeness (QED) is 0.643. The van der Waals surface area contributed by atoms with E-state index < -0.39 is 58.4 Å². The van der Waals surface area contributed by atoms with Crippen LogP contribution in [0.15, 0.2) is 0 Å². The van der Waals surface area contributed by atoms with Crippen LogP contribution in [-0.2, 0) is 19.5 Å². The molecule has 13 heteroatoms. The first-order chi connectivity index (χ1) is 13.8. The zero-order chi connectivity index (χ0) is 22.2. The van der Waals surface area contributed by atoms with E-state index in [1.165, 1.54) is 0 Å². The third kappa shape index (κ3) is 5.59. The van der Waals surface area contributed by atoms with E-state index in [1.54, 1.807) is 0 Å². The summed E-state index contributed by atoms with van der Waals surface area (Å²) in [5.74, 6) is -4.22. The Hall–Kier alpha value is -0.630. The standard InChI is InChI=1S/C17H26F6N2O4S/c18-16(19,20)14(17(21,22)23)13-9-25(11-15(29-13)4-6-24-7-5-15)30(26,27)10-12-3-1-2-8-28-12/h12-14,24H,1-11H2. The van der Waals surface area contributed by atoms with Gasteiger partial charge < -0.3 is 14.8 Å². The lowest BCUT2D eigenvalue weighted by Crippen LogP contribution is -2.64. The van der Waals surface area contributed by atoms with Crippen molar-refractivity contribution >= 4 is 10.0 Å². The summed E-state index contributed by atoms with van der Waals surface area (Å²) in [7, 11) is -4.14. The Morgan fingerprint density at radius 3 is 2.23 bits per heavy atom. The van der Waals surface area contributed by atoms with Gasteiger partial charge in [0.2, 0.25) is 10.0 Å². The molecule has 3 saturated heterocycles. The van der Waals surface area contributed by atoms with Crippen LogP contribution in [0.3, 0.4) is 0 Å². The SMILES string of the molecule is O=S(=O)(CC1CCCCO1)N1CC(C(C(F)(F)F)C(F)(F)F)OC2(CCNCC2)C1. The molecule has 0 aromatic heterocycles. The molecular weight excluding hydrogens is 442 g/mol. The maximum Gasteiger partial charge on any atom is 0.403 e. The average molecular weight is 468 g/mol. The Morgan fingerprint density at radius 1 is 1.07 bits per heavy atom. The topological polar surface area (TPSA) is 67.9 Å². The molecule has 3 fully saturated rings. The minimum absolute atomic E-state index is 0.123. The van der Waals surface area contributed by atoms with E-state index in [0.29, 0.717) is 26.1 Å². The molecule has 3 heterocycles. The lowest BCUT2D eigenvalue weighted by Gasteiger charge is -2.49. The van der Waals surface area contributed by atoms with Crippen LogP contribution in [0.2, 0.25) is 0 Å². The van der Waals surface area contributed by atoms with E-state index >= 15 is 0 Å². The summed E-state index contributed by atoms with van der Waals surface area (Å²) >= 11 is 0. The summed E-state index contributed by atoms with van der Waals surface area (Å²) in [5, 5.41) is 2.97. The highest BCUT2D eigenvalue weighted by Crippen LogP contribution is 2.46. The summed E-state index contributed by atoms with van der Waals surface area (Å²) in [6, 6.07) is 0. The number of ether oxygens (including phenoxy) is 2. The molecule has 6 nitrogen and oxygen atoms in total. The summed E-state index contributed by atoms with van der Waals surface area (Å²) in [5.41, 5.74) is -1.39. The summed E-state index contributed by atoms with van der Waals surface area (Å²) in [6.07, 6.45) is -11.9. The first-order valence-corrected chi connectivity index (χ1v) is 11.5. The second-order valence-corrected chi connectivity index (χ2v) is 10.2. The van der Waals surface area contributed by atoms with Crippen LogP contribution in [0.4, 0.5) is 26.3 Å². The number of halogens is 6. The van der Waals surface area contributed by atoms with Gasteiger partial charge in [0.05, 0.1) is 23.6 Å². The molecule has 1 N–H and O–H groups in total. The monoisotopic (exact) mass is 468 g/mol. The molecule has 3 rings (SSSR count). The van der Waals surface area contributed by atoms with Crippen LogP contribution in [0.1, 0.15) is 32.1 Å². The van der Waals surface area contributed by atoms with Gasteiger partial charge in [-0.2, -0.15) is 30.6 Å². The fourth-order valence-electron chi connectivity index (χ4n) is 4.41. The number of hydrogen-bond acceptors (Lipinski definition) is 5. The van der Waals surface area contributed by atoms with E-state index in [9.17, 15) is 34.8 Å². The van der Waals surface area contributed by atoms with Crippen molar-refractivity contribution in [2.45, 2.75) is 62.3 Å². The van der Waals surface area contributed by atoms with Gasteiger partial charge in [-0.3, -0.25) is 0 Å². The van der Waals surface area contributed by atoms with E-state index in [0.717, 1.165) is 17.1 Å². The van der Waals surface area contributed by atoms with E-state index in [-0.39, 0.29) is 19.4 Å². The molecule has 3 aliphatic heterocycles. The normalized spacial score (nSPS) is 29.4. The molecule has 0 aromatic rings. The second-order valence-electron chi connectivity index (χ2n) is 8.21. The highest BCUT2D eigenvalue weighted by Gasteiger charge is 2.63. The largest absolute Gasteiger partial charge is 0.403 e. The maximum absolute atomic E-state index is 13.4. The van der Waals surface area contributed by atoms with Crippen LogP contribution in [0.5, 0.6) is 0 Å². The van der Waals surface area contributed by atoms with Gasteiger partial charge in [-0.05, 0) is 45.2 Å². The van der Waals surface area contributed by atoms with Crippen molar-refractivity contribution < 1.29 is 44.2 Å².